The highest BCUT2D eigenvalue weighted by atomic mass is 35.5. The first-order valence-electron chi connectivity index (χ1n) is 7.87. The first-order valence-corrected chi connectivity index (χ1v) is 9.06. The third-order valence-electron chi connectivity index (χ3n) is 4.07. The second-order valence-corrected chi connectivity index (χ2v) is 7.55. The summed E-state index contributed by atoms with van der Waals surface area (Å²) in [4.78, 5) is 5.54. The lowest BCUT2D eigenvalue weighted by Crippen LogP contribution is -2.35. The summed E-state index contributed by atoms with van der Waals surface area (Å²) in [7, 11) is 0. The Labute approximate surface area is 155 Å². The van der Waals surface area contributed by atoms with Crippen molar-refractivity contribution in [3.8, 4) is 10.4 Å². The molecular weight excluding hydrogens is 356 g/mol. The van der Waals surface area contributed by atoms with E-state index in [1.807, 2.05) is 42.5 Å². The summed E-state index contributed by atoms with van der Waals surface area (Å²) in [6.07, 6.45) is -0.923. The van der Waals surface area contributed by atoms with E-state index in [4.69, 9.17) is 11.6 Å². The minimum Gasteiger partial charge on any atom is -0.390 e. The zero-order valence-corrected chi connectivity index (χ0v) is 15.5. The summed E-state index contributed by atoms with van der Waals surface area (Å²) in [6, 6.07) is 17.0. The molecule has 0 fully saturated rings. The molecule has 2 aromatic heterocycles. The van der Waals surface area contributed by atoms with E-state index in [1.54, 1.807) is 37.3 Å². The minimum absolute atomic E-state index is 0.419. The van der Waals surface area contributed by atoms with Crippen LogP contribution in [0.3, 0.4) is 0 Å². The van der Waals surface area contributed by atoms with Crippen molar-refractivity contribution in [3.05, 3.63) is 65.3 Å². The molecule has 1 aromatic carbocycles. The molecule has 3 rings (SSSR count). The maximum absolute atomic E-state index is 10.4. The van der Waals surface area contributed by atoms with Crippen LogP contribution in [0.15, 0.2) is 54.6 Å². The van der Waals surface area contributed by atoms with Crippen LogP contribution in [0.5, 0.6) is 0 Å². The summed E-state index contributed by atoms with van der Waals surface area (Å²) >= 11 is 7.53. The summed E-state index contributed by atoms with van der Waals surface area (Å²) in [5, 5.41) is 25.0. The second kappa shape index (κ2) is 7.14. The Hall–Kier alpha value is -1.92. The normalized spacial score (nSPS) is 14.8. The molecule has 2 atom stereocenters. The number of anilines is 2. The highest BCUT2D eigenvalue weighted by molar-refractivity contribution is 7.19. The highest BCUT2D eigenvalue weighted by Gasteiger charge is 2.30. The van der Waals surface area contributed by atoms with Crippen LogP contribution in [0.25, 0.3) is 10.4 Å². The van der Waals surface area contributed by atoms with Gasteiger partial charge in [-0.1, -0.05) is 29.8 Å². The number of hydrogen-bond donors (Lipinski definition) is 3. The topological polar surface area (TPSA) is 65.4 Å². The summed E-state index contributed by atoms with van der Waals surface area (Å²) < 4.78 is 0. The van der Waals surface area contributed by atoms with Gasteiger partial charge in [-0.05, 0) is 55.8 Å². The Bertz CT molecular complexity index is 860. The van der Waals surface area contributed by atoms with Gasteiger partial charge in [0.25, 0.3) is 0 Å². The molecule has 0 radical (unpaired) electrons. The maximum Gasteiger partial charge on any atom is 0.131 e. The molecule has 3 aromatic rings. The minimum atomic E-state index is -1.40. The number of aliphatic hydroxyl groups is 2. The average molecular weight is 375 g/mol. The van der Waals surface area contributed by atoms with Crippen molar-refractivity contribution in [1.29, 1.82) is 0 Å². The van der Waals surface area contributed by atoms with Crippen molar-refractivity contribution in [2.45, 2.75) is 25.6 Å². The van der Waals surface area contributed by atoms with Crippen molar-refractivity contribution in [2.24, 2.45) is 0 Å². The molecule has 4 nitrogen and oxygen atoms in total. The van der Waals surface area contributed by atoms with Crippen LogP contribution in [0.4, 0.5) is 10.8 Å². The molecule has 0 amide bonds. The second-order valence-electron chi connectivity index (χ2n) is 6.03. The van der Waals surface area contributed by atoms with Crippen LogP contribution in [0, 0.1) is 0 Å². The van der Waals surface area contributed by atoms with Gasteiger partial charge in [0.05, 0.1) is 16.8 Å². The standard InChI is InChI=1S/C19H19ClN2O2S/c1-12(23)19(2,24)16-4-3-5-17(21-16)22-18-11-10-15(25-18)13-6-8-14(20)9-7-13/h3-12,23-24H,1-2H3,(H,21,22). The van der Waals surface area contributed by atoms with Crippen LogP contribution in [0.2, 0.25) is 5.02 Å². The number of pyridine rings is 1. The average Bonchev–Trinajstić information content (AvgIpc) is 3.04. The number of benzene rings is 1. The third-order valence-corrected chi connectivity index (χ3v) is 5.37. The molecule has 130 valence electrons. The maximum atomic E-state index is 10.4. The lowest BCUT2D eigenvalue weighted by atomic mass is 9.96. The fourth-order valence-electron chi connectivity index (χ4n) is 2.30. The molecule has 25 heavy (non-hydrogen) atoms. The third kappa shape index (κ3) is 4.02. The fraction of sp³-hybridized carbons (Fsp3) is 0.211. The van der Waals surface area contributed by atoms with E-state index in [0.29, 0.717) is 16.5 Å². The Morgan fingerprint density at radius 1 is 1.12 bits per heavy atom. The smallest absolute Gasteiger partial charge is 0.131 e. The molecule has 0 aliphatic carbocycles. The first kappa shape index (κ1) is 17.9. The lowest BCUT2D eigenvalue weighted by molar-refractivity contribution is -0.0599. The van der Waals surface area contributed by atoms with Gasteiger partial charge < -0.3 is 15.5 Å². The first-order chi connectivity index (χ1) is 11.9. The van der Waals surface area contributed by atoms with Gasteiger partial charge in [0.1, 0.15) is 11.4 Å². The molecule has 6 heteroatoms. The van der Waals surface area contributed by atoms with E-state index in [0.717, 1.165) is 15.4 Å². The van der Waals surface area contributed by atoms with Crippen LogP contribution >= 0.6 is 22.9 Å². The molecule has 0 aliphatic rings. The summed E-state index contributed by atoms with van der Waals surface area (Å²) in [6.45, 7) is 3.09. The van der Waals surface area contributed by atoms with Gasteiger partial charge in [-0.2, -0.15) is 0 Å². The number of halogens is 1. The summed E-state index contributed by atoms with van der Waals surface area (Å²) in [5.41, 5.74) is 0.116. The van der Waals surface area contributed by atoms with E-state index < -0.39 is 11.7 Å². The van der Waals surface area contributed by atoms with Crippen molar-refractivity contribution in [1.82, 2.24) is 4.98 Å². The SMILES string of the molecule is CC(O)C(C)(O)c1cccc(Nc2ccc(-c3ccc(Cl)cc3)s2)n1. The van der Waals surface area contributed by atoms with Crippen LogP contribution < -0.4 is 5.32 Å². The quantitative estimate of drug-likeness (QED) is 0.600. The zero-order valence-electron chi connectivity index (χ0n) is 13.9. The van der Waals surface area contributed by atoms with Gasteiger partial charge in [0.2, 0.25) is 0 Å². The molecule has 0 spiro atoms. The van der Waals surface area contributed by atoms with Gasteiger partial charge in [-0.3, -0.25) is 0 Å². The van der Waals surface area contributed by atoms with Crippen molar-refractivity contribution in [2.75, 3.05) is 5.32 Å². The molecule has 0 saturated heterocycles. The van der Waals surface area contributed by atoms with E-state index in [1.165, 1.54) is 0 Å². The fourth-order valence-corrected chi connectivity index (χ4v) is 3.35. The predicted octanol–water partition coefficient (Wildman–Crippen LogP) is 4.80. The van der Waals surface area contributed by atoms with Crippen LogP contribution in [0.1, 0.15) is 19.5 Å². The van der Waals surface area contributed by atoms with E-state index in [9.17, 15) is 10.2 Å². The number of aromatic nitrogens is 1. The summed E-state index contributed by atoms with van der Waals surface area (Å²) in [5.74, 6) is 0.614. The Morgan fingerprint density at radius 3 is 2.52 bits per heavy atom. The Morgan fingerprint density at radius 2 is 1.84 bits per heavy atom. The lowest BCUT2D eigenvalue weighted by Gasteiger charge is -2.26. The Balaban J connectivity index is 1.81. The molecule has 2 unspecified atom stereocenters. The van der Waals surface area contributed by atoms with Crippen LogP contribution in [-0.4, -0.2) is 21.3 Å². The predicted molar refractivity (Wildman–Crippen MR) is 104 cm³/mol. The van der Waals surface area contributed by atoms with Gasteiger partial charge in [0, 0.05) is 9.90 Å². The number of rotatable bonds is 5. The largest absolute Gasteiger partial charge is 0.390 e. The van der Waals surface area contributed by atoms with Gasteiger partial charge in [-0.15, -0.1) is 11.3 Å². The van der Waals surface area contributed by atoms with Crippen molar-refractivity contribution >= 4 is 33.8 Å². The zero-order chi connectivity index (χ0) is 18.0. The van der Waals surface area contributed by atoms with E-state index >= 15 is 0 Å². The van der Waals surface area contributed by atoms with Crippen molar-refractivity contribution < 1.29 is 10.2 Å². The number of hydrogen-bond acceptors (Lipinski definition) is 5. The van der Waals surface area contributed by atoms with Gasteiger partial charge in [-0.25, -0.2) is 4.98 Å². The number of thiophene rings is 1. The highest BCUT2D eigenvalue weighted by Crippen LogP contribution is 2.33. The monoisotopic (exact) mass is 374 g/mol. The molecule has 3 N–H and O–H groups in total. The van der Waals surface area contributed by atoms with E-state index in [-0.39, 0.29) is 0 Å². The molecule has 0 bridgehead atoms. The number of nitrogens with one attached hydrogen (secondary N) is 1. The molecule has 2 heterocycles. The molecule has 0 saturated carbocycles. The van der Waals surface area contributed by atoms with Gasteiger partial charge >= 0.3 is 0 Å². The Kier molecular flexibility index (Phi) is 5.11. The van der Waals surface area contributed by atoms with Crippen molar-refractivity contribution in [3.63, 3.8) is 0 Å². The molecule has 0 aliphatic heterocycles. The van der Waals surface area contributed by atoms with E-state index in [2.05, 4.69) is 10.3 Å². The number of aliphatic hydroxyl groups excluding tert-OH is 1. The molecular formula is C19H19ClN2O2S. The van der Waals surface area contributed by atoms with Gasteiger partial charge in [0.15, 0.2) is 0 Å². The number of nitrogens with zero attached hydrogens (tertiary/aromatic N) is 1. The van der Waals surface area contributed by atoms with Crippen LogP contribution in [-0.2, 0) is 5.60 Å².